The van der Waals surface area contributed by atoms with Crippen LogP contribution < -0.4 is 10.6 Å². The van der Waals surface area contributed by atoms with Gasteiger partial charge in [-0.2, -0.15) is 0 Å². The molecule has 0 radical (unpaired) electrons. The Kier molecular flexibility index (Phi) is 13.5. The van der Waals surface area contributed by atoms with E-state index in [2.05, 4.69) is 30.6 Å². The van der Waals surface area contributed by atoms with Gasteiger partial charge in [0.05, 0.1) is 0 Å². The van der Waals surface area contributed by atoms with Crippen LogP contribution in [0.15, 0.2) is 91.5 Å². The number of anilines is 2. The molecule has 2 aromatic carbocycles. The van der Waals surface area contributed by atoms with Crippen molar-refractivity contribution in [1.82, 2.24) is 29.7 Å². The number of carbonyl (C=O) groups excluding carboxylic acids is 2. The summed E-state index contributed by atoms with van der Waals surface area (Å²) in [5.41, 5.74) is 1.78. The number of carbonyl (C=O) groups is 2. The predicted molar refractivity (Wildman–Crippen MR) is 183 cm³/mol. The maximum atomic E-state index is 12.9. The molecule has 0 saturated carbocycles. The number of nitrogens with zero attached hydrogens (tertiary/aromatic N) is 6. The zero-order valence-corrected chi connectivity index (χ0v) is 27.5. The quantitative estimate of drug-likeness (QED) is 0.207. The Morgan fingerprint density at radius 1 is 0.612 bits per heavy atom. The van der Waals surface area contributed by atoms with Crippen LogP contribution in [0.3, 0.4) is 0 Å². The molecule has 4 aromatic rings. The molecule has 2 fully saturated rings. The van der Waals surface area contributed by atoms with Crippen molar-refractivity contribution in [2.45, 2.75) is 38.9 Å². The molecule has 0 aliphatic carbocycles. The Morgan fingerprint density at radius 2 is 1.02 bits per heavy atom. The number of rotatable bonds is 10. The summed E-state index contributed by atoms with van der Waals surface area (Å²) in [4.78, 5) is 44.3. The molecular weight excluding hydrogens is 627 g/mol. The van der Waals surface area contributed by atoms with Crippen LogP contribution in [-0.2, 0) is 22.7 Å². The molecule has 13 heteroatoms. The second-order valence-corrected chi connectivity index (χ2v) is 12.0. The van der Waals surface area contributed by atoms with Crippen LogP contribution >= 0.6 is 0 Å². The van der Waals surface area contributed by atoms with Crippen LogP contribution in [0.25, 0.3) is 0 Å². The molecule has 2 aromatic heterocycles. The predicted octanol–water partition coefficient (Wildman–Crippen LogP) is 6.01. The first-order chi connectivity index (χ1) is 24.0. The van der Waals surface area contributed by atoms with E-state index in [1.165, 1.54) is 12.1 Å². The summed E-state index contributed by atoms with van der Waals surface area (Å²) in [6.45, 7) is 4.91. The third-order valence-electron chi connectivity index (χ3n) is 8.46. The maximum absolute atomic E-state index is 12.9. The van der Waals surface area contributed by atoms with Gasteiger partial charge in [0.15, 0.2) is 0 Å². The number of nitrogens with one attached hydrogen (secondary N) is 2. The maximum Gasteiger partial charge on any atom is 0.410 e. The van der Waals surface area contributed by atoms with Crippen molar-refractivity contribution in [1.29, 1.82) is 0 Å². The number of halogens is 1. The lowest BCUT2D eigenvalue weighted by molar-refractivity contribution is 0.0826. The number of piperidine rings is 2. The summed E-state index contributed by atoms with van der Waals surface area (Å²) >= 11 is 0. The van der Waals surface area contributed by atoms with Gasteiger partial charge in [0.25, 0.3) is 0 Å². The zero-order valence-electron chi connectivity index (χ0n) is 27.5. The Bertz CT molecular complexity index is 1540. The van der Waals surface area contributed by atoms with Crippen LogP contribution in [0.5, 0.6) is 0 Å². The van der Waals surface area contributed by atoms with E-state index in [1.54, 1.807) is 58.9 Å². The highest BCUT2D eigenvalue weighted by Crippen LogP contribution is 2.20. The first-order valence-electron chi connectivity index (χ1n) is 16.7. The van der Waals surface area contributed by atoms with Gasteiger partial charge in [0.2, 0.25) is 11.9 Å². The van der Waals surface area contributed by atoms with Crippen molar-refractivity contribution in [3.63, 3.8) is 0 Å². The largest absolute Gasteiger partial charge is 0.445 e. The minimum atomic E-state index is -0.317. The zero-order chi connectivity index (χ0) is 34.1. The second kappa shape index (κ2) is 18.9. The average Bonchev–Trinajstić information content (AvgIpc) is 3.17. The van der Waals surface area contributed by atoms with Crippen molar-refractivity contribution < 1.29 is 23.5 Å². The van der Waals surface area contributed by atoms with Crippen molar-refractivity contribution >= 4 is 24.1 Å². The van der Waals surface area contributed by atoms with Crippen molar-refractivity contribution in [2.75, 3.05) is 49.9 Å². The first kappa shape index (κ1) is 35.0. The number of hydrogen-bond donors (Lipinski definition) is 2. The topological polar surface area (TPSA) is 135 Å². The molecule has 2 saturated heterocycles. The van der Waals surface area contributed by atoms with Crippen LogP contribution in [-0.4, -0.2) is 81.2 Å². The van der Waals surface area contributed by atoms with Crippen molar-refractivity contribution in [2.24, 2.45) is 11.8 Å². The fourth-order valence-corrected chi connectivity index (χ4v) is 5.52. The second-order valence-electron chi connectivity index (χ2n) is 12.0. The summed E-state index contributed by atoms with van der Waals surface area (Å²) in [6, 6.07) is 19.3. The summed E-state index contributed by atoms with van der Waals surface area (Å²) in [5, 5.41) is 6.47. The highest BCUT2D eigenvalue weighted by atomic mass is 19.1. The summed E-state index contributed by atoms with van der Waals surface area (Å²) in [5.74, 6) is 1.98. The monoisotopic (exact) mass is 670 g/mol. The van der Waals surface area contributed by atoms with Crippen LogP contribution in [0, 0.1) is 17.7 Å². The summed E-state index contributed by atoms with van der Waals surface area (Å²) in [7, 11) is 0. The number of benzene rings is 2. The normalized spacial score (nSPS) is 15.0. The van der Waals surface area contributed by atoms with E-state index in [0.717, 1.165) is 63.0 Å². The highest BCUT2D eigenvalue weighted by molar-refractivity contribution is 5.68. The van der Waals surface area contributed by atoms with E-state index in [1.807, 2.05) is 30.3 Å². The Balaban J connectivity index is 0.000000191. The SMILES string of the molecule is O=C(OCc1ccc(F)cc1)N1CCC(CNc2ncccn2)CC1.O=C(OCc1ccccc1)N1CCC(CNc2ncccn2)CC1. The molecule has 0 atom stereocenters. The number of hydrogen-bond acceptors (Lipinski definition) is 10. The van der Waals surface area contributed by atoms with Crippen LogP contribution in [0.1, 0.15) is 36.8 Å². The number of aromatic nitrogens is 4. The molecule has 2 amide bonds. The minimum absolute atomic E-state index is 0.159. The molecule has 258 valence electrons. The third kappa shape index (κ3) is 12.0. The molecule has 2 aliphatic rings. The lowest BCUT2D eigenvalue weighted by Crippen LogP contribution is -2.40. The molecule has 4 heterocycles. The fraction of sp³-hybridized carbons (Fsp3) is 0.389. The van der Waals surface area contributed by atoms with E-state index in [0.29, 0.717) is 43.4 Å². The standard InChI is InChI=1S/C18H21FN4O2.C18H22N4O2/c19-16-4-2-15(3-5-16)13-25-18(24)23-10-6-14(7-11-23)12-22-17-20-8-1-9-21-17;23-18(24-14-16-5-2-1-3-6-16)22-11-7-15(8-12-22)13-21-17-19-9-4-10-20-17/h1-5,8-9,14H,6-7,10-13H2,(H,20,21,22);1-6,9-10,15H,7-8,11-14H2,(H,19,20,21). The number of likely N-dealkylation sites (tertiary alicyclic amines) is 2. The van der Waals surface area contributed by atoms with Gasteiger partial charge in [-0.3, -0.25) is 0 Å². The van der Waals surface area contributed by atoms with Gasteiger partial charge in [0.1, 0.15) is 19.0 Å². The van der Waals surface area contributed by atoms with Crippen LogP contribution in [0.2, 0.25) is 0 Å². The Morgan fingerprint density at radius 3 is 1.45 bits per heavy atom. The van der Waals surface area contributed by atoms with Crippen molar-refractivity contribution in [3.8, 4) is 0 Å². The van der Waals surface area contributed by atoms with Gasteiger partial charge in [0, 0.05) is 64.1 Å². The third-order valence-corrected chi connectivity index (χ3v) is 8.46. The molecular formula is C36H43FN8O4. The van der Waals surface area contributed by atoms with E-state index in [-0.39, 0.29) is 24.6 Å². The lowest BCUT2D eigenvalue weighted by atomic mass is 9.97. The molecule has 12 nitrogen and oxygen atoms in total. The molecule has 2 N–H and O–H groups in total. The first-order valence-corrected chi connectivity index (χ1v) is 16.7. The van der Waals surface area contributed by atoms with Gasteiger partial charge >= 0.3 is 12.2 Å². The number of ether oxygens (including phenoxy) is 2. The average molecular weight is 671 g/mol. The minimum Gasteiger partial charge on any atom is -0.445 e. The molecule has 6 rings (SSSR count). The summed E-state index contributed by atoms with van der Waals surface area (Å²) in [6.07, 6.45) is 10.0. The van der Waals surface area contributed by atoms with E-state index >= 15 is 0 Å². The van der Waals surface area contributed by atoms with E-state index in [9.17, 15) is 14.0 Å². The lowest BCUT2D eigenvalue weighted by Gasteiger charge is -2.31. The molecule has 2 aliphatic heterocycles. The van der Waals surface area contributed by atoms with Gasteiger partial charge in [-0.15, -0.1) is 0 Å². The van der Waals surface area contributed by atoms with E-state index in [4.69, 9.17) is 9.47 Å². The summed E-state index contributed by atoms with van der Waals surface area (Å²) < 4.78 is 23.5. The Labute approximate surface area is 286 Å². The van der Waals surface area contributed by atoms with E-state index < -0.39 is 0 Å². The molecule has 0 spiro atoms. The molecule has 0 unspecified atom stereocenters. The van der Waals surface area contributed by atoms with Crippen LogP contribution in [0.4, 0.5) is 25.9 Å². The van der Waals surface area contributed by atoms with Gasteiger partial charge in [-0.25, -0.2) is 33.9 Å². The van der Waals surface area contributed by atoms with Gasteiger partial charge in [-0.05, 0) is 72.9 Å². The highest BCUT2D eigenvalue weighted by Gasteiger charge is 2.25. The van der Waals surface area contributed by atoms with Gasteiger partial charge < -0.3 is 29.9 Å². The Hall–Kier alpha value is -5.33. The van der Waals surface area contributed by atoms with Crippen molar-refractivity contribution in [3.05, 3.63) is 108 Å². The number of amides is 2. The smallest absolute Gasteiger partial charge is 0.410 e. The van der Waals surface area contributed by atoms with Gasteiger partial charge in [-0.1, -0.05) is 42.5 Å². The molecule has 49 heavy (non-hydrogen) atoms. The fourth-order valence-electron chi connectivity index (χ4n) is 5.52. The molecule has 0 bridgehead atoms.